The summed E-state index contributed by atoms with van der Waals surface area (Å²) in [4.78, 5) is 0. The average molecular weight is 132 g/mol. The lowest BCUT2D eigenvalue weighted by Crippen LogP contribution is -2.40. The molecule has 0 aromatic heterocycles. The molecule has 0 aromatic rings. The maximum Gasteiger partial charge on any atom is 0.117 e. The molecule has 3 heteroatoms. The predicted molar refractivity (Wildman–Crippen MR) is 37.7 cm³/mol. The second-order valence-electron chi connectivity index (χ2n) is 2.30. The fourth-order valence-corrected chi connectivity index (χ4v) is 0.611. The maximum absolute atomic E-state index is 8.70. The van der Waals surface area contributed by atoms with Crippen molar-refractivity contribution in [2.24, 2.45) is 11.5 Å². The van der Waals surface area contributed by atoms with Crippen molar-refractivity contribution >= 4 is 0 Å². The third kappa shape index (κ3) is 4.39. The van der Waals surface area contributed by atoms with Gasteiger partial charge in [0.05, 0.1) is 0 Å². The molecule has 0 aliphatic carbocycles. The van der Waals surface area contributed by atoms with E-state index in [2.05, 4.69) is 6.92 Å². The number of aliphatic hydroxyl groups is 1. The Morgan fingerprint density at radius 3 is 2.33 bits per heavy atom. The first-order valence-electron chi connectivity index (χ1n) is 3.37. The van der Waals surface area contributed by atoms with Crippen molar-refractivity contribution in [2.45, 2.75) is 38.5 Å². The molecule has 0 aliphatic heterocycles. The topological polar surface area (TPSA) is 72.3 Å². The number of hydrogen-bond donors (Lipinski definition) is 3. The van der Waals surface area contributed by atoms with Gasteiger partial charge in [-0.25, -0.2) is 0 Å². The van der Waals surface area contributed by atoms with Crippen LogP contribution in [0, 0.1) is 0 Å². The summed E-state index contributed by atoms with van der Waals surface area (Å²) in [6, 6.07) is -0.245. The Morgan fingerprint density at radius 2 is 2.00 bits per heavy atom. The lowest BCUT2D eigenvalue weighted by atomic mass is 10.1. The van der Waals surface area contributed by atoms with E-state index in [1.54, 1.807) is 0 Å². The molecule has 3 nitrogen and oxygen atoms in total. The van der Waals surface area contributed by atoms with Gasteiger partial charge in [0.25, 0.3) is 0 Å². The van der Waals surface area contributed by atoms with Crippen LogP contribution >= 0.6 is 0 Å². The fraction of sp³-hybridized carbons (Fsp3) is 1.00. The zero-order valence-corrected chi connectivity index (χ0v) is 5.88. The van der Waals surface area contributed by atoms with E-state index in [-0.39, 0.29) is 6.04 Å². The lowest BCUT2D eigenvalue weighted by Gasteiger charge is -2.12. The van der Waals surface area contributed by atoms with Crippen molar-refractivity contribution < 1.29 is 5.11 Å². The quantitative estimate of drug-likeness (QED) is 0.463. The average Bonchev–Trinajstić information content (AvgIpc) is 1.82. The molecule has 0 aliphatic rings. The molecule has 0 rings (SSSR count). The van der Waals surface area contributed by atoms with Crippen LogP contribution in [0.5, 0.6) is 0 Å². The molecular weight excluding hydrogens is 116 g/mol. The second kappa shape index (κ2) is 4.73. The van der Waals surface area contributed by atoms with Gasteiger partial charge >= 0.3 is 0 Å². The summed E-state index contributed by atoms with van der Waals surface area (Å²) in [7, 11) is 0. The Bertz CT molecular complexity index is 66.1. The molecule has 0 saturated heterocycles. The molecule has 56 valence electrons. The monoisotopic (exact) mass is 132 g/mol. The van der Waals surface area contributed by atoms with Gasteiger partial charge in [-0.1, -0.05) is 19.8 Å². The van der Waals surface area contributed by atoms with E-state index in [9.17, 15) is 0 Å². The first-order chi connectivity index (χ1) is 4.18. The zero-order valence-electron chi connectivity index (χ0n) is 5.88. The van der Waals surface area contributed by atoms with Crippen molar-refractivity contribution in [2.75, 3.05) is 0 Å². The Kier molecular flexibility index (Phi) is 4.67. The minimum absolute atomic E-state index is 0.245. The predicted octanol–water partition coefficient (Wildman–Crippen LogP) is -0.219. The number of aliphatic hydroxyl groups excluding tert-OH is 1. The number of hydrogen-bond acceptors (Lipinski definition) is 3. The van der Waals surface area contributed by atoms with E-state index in [4.69, 9.17) is 16.6 Å². The van der Waals surface area contributed by atoms with Gasteiger partial charge in [-0.3, -0.25) is 0 Å². The summed E-state index contributed by atoms with van der Waals surface area (Å²) in [5.41, 5.74) is 10.5. The smallest absolute Gasteiger partial charge is 0.117 e. The third-order valence-electron chi connectivity index (χ3n) is 1.33. The Balaban J connectivity index is 3.16. The van der Waals surface area contributed by atoms with Gasteiger partial charge in [-0.2, -0.15) is 0 Å². The van der Waals surface area contributed by atoms with Crippen LogP contribution in [0.15, 0.2) is 0 Å². The van der Waals surface area contributed by atoms with E-state index in [1.165, 1.54) is 0 Å². The standard InChI is InChI=1S/C6H16N2O/c1-2-3-4-5(7)6(8)9/h5-6,9H,2-4,7-8H2,1H3. The van der Waals surface area contributed by atoms with E-state index in [0.717, 1.165) is 19.3 Å². The van der Waals surface area contributed by atoms with Crippen molar-refractivity contribution in [3.8, 4) is 0 Å². The summed E-state index contributed by atoms with van der Waals surface area (Å²) in [5, 5.41) is 8.70. The lowest BCUT2D eigenvalue weighted by molar-refractivity contribution is 0.146. The summed E-state index contributed by atoms with van der Waals surface area (Å²) >= 11 is 0. The SMILES string of the molecule is CCCCC(N)C(N)O. The van der Waals surface area contributed by atoms with E-state index in [0.29, 0.717) is 0 Å². The van der Waals surface area contributed by atoms with E-state index < -0.39 is 6.23 Å². The van der Waals surface area contributed by atoms with Gasteiger partial charge in [-0.15, -0.1) is 0 Å². The highest BCUT2D eigenvalue weighted by Crippen LogP contribution is 1.98. The molecule has 0 radical (unpaired) electrons. The van der Waals surface area contributed by atoms with E-state index >= 15 is 0 Å². The molecule has 5 N–H and O–H groups in total. The van der Waals surface area contributed by atoms with E-state index in [1.807, 2.05) is 0 Å². The van der Waals surface area contributed by atoms with Crippen LogP contribution in [0.25, 0.3) is 0 Å². The Morgan fingerprint density at radius 1 is 1.44 bits per heavy atom. The van der Waals surface area contributed by atoms with Gasteiger partial charge in [0.1, 0.15) is 6.23 Å². The van der Waals surface area contributed by atoms with Crippen LogP contribution in [-0.2, 0) is 0 Å². The first kappa shape index (κ1) is 8.88. The highest BCUT2D eigenvalue weighted by molar-refractivity contribution is 4.64. The van der Waals surface area contributed by atoms with Gasteiger partial charge < -0.3 is 16.6 Å². The molecule has 0 fully saturated rings. The summed E-state index contributed by atoms with van der Waals surface area (Å²) in [5.74, 6) is 0. The number of unbranched alkanes of at least 4 members (excludes halogenated alkanes) is 1. The van der Waals surface area contributed by atoms with Crippen molar-refractivity contribution in [1.82, 2.24) is 0 Å². The van der Waals surface area contributed by atoms with Crippen LogP contribution in [0.1, 0.15) is 26.2 Å². The molecule has 2 unspecified atom stereocenters. The van der Waals surface area contributed by atoms with Gasteiger partial charge in [0.15, 0.2) is 0 Å². The Labute approximate surface area is 56.0 Å². The maximum atomic E-state index is 8.70. The summed E-state index contributed by atoms with van der Waals surface area (Å²) in [6.45, 7) is 2.08. The van der Waals surface area contributed by atoms with Gasteiger partial charge in [-0.05, 0) is 6.42 Å². The van der Waals surface area contributed by atoms with Gasteiger partial charge in [0.2, 0.25) is 0 Å². The van der Waals surface area contributed by atoms with Crippen LogP contribution in [0.2, 0.25) is 0 Å². The molecule has 0 aromatic carbocycles. The fourth-order valence-electron chi connectivity index (χ4n) is 0.611. The van der Waals surface area contributed by atoms with Crippen molar-refractivity contribution in [3.63, 3.8) is 0 Å². The summed E-state index contributed by atoms with van der Waals surface area (Å²) < 4.78 is 0. The second-order valence-corrected chi connectivity index (χ2v) is 2.30. The largest absolute Gasteiger partial charge is 0.377 e. The van der Waals surface area contributed by atoms with Crippen LogP contribution in [0.3, 0.4) is 0 Å². The molecule has 0 bridgehead atoms. The number of rotatable bonds is 4. The highest BCUT2D eigenvalue weighted by Gasteiger charge is 2.07. The van der Waals surface area contributed by atoms with Crippen molar-refractivity contribution in [3.05, 3.63) is 0 Å². The molecule has 0 amide bonds. The minimum Gasteiger partial charge on any atom is -0.377 e. The third-order valence-corrected chi connectivity index (χ3v) is 1.33. The molecule has 0 spiro atoms. The van der Waals surface area contributed by atoms with Crippen LogP contribution in [0.4, 0.5) is 0 Å². The molecule has 0 heterocycles. The molecular formula is C6H16N2O. The van der Waals surface area contributed by atoms with Gasteiger partial charge in [0, 0.05) is 6.04 Å². The van der Waals surface area contributed by atoms with Crippen molar-refractivity contribution in [1.29, 1.82) is 0 Å². The highest BCUT2D eigenvalue weighted by atomic mass is 16.3. The molecule has 0 saturated carbocycles. The summed E-state index contributed by atoms with van der Waals surface area (Å²) in [6.07, 6.45) is 2.10. The zero-order chi connectivity index (χ0) is 7.28. The number of nitrogens with two attached hydrogens (primary N) is 2. The Hall–Kier alpha value is -0.120. The normalized spacial score (nSPS) is 17.3. The first-order valence-corrected chi connectivity index (χ1v) is 3.37. The minimum atomic E-state index is -0.850. The van der Waals surface area contributed by atoms with Crippen LogP contribution < -0.4 is 11.5 Å². The van der Waals surface area contributed by atoms with Crippen LogP contribution in [-0.4, -0.2) is 17.4 Å². The molecule has 2 atom stereocenters. The molecule has 9 heavy (non-hydrogen) atoms.